The fourth-order valence-electron chi connectivity index (χ4n) is 13.1. The molecule has 15 aromatic carbocycles. The van der Waals surface area contributed by atoms with Gasteiger partial charge >= 0.3 is 0 Å². The van der Waals surface area contributed by atoms with Crippen LogP contribution < -0.4 is 4.90 Å². The molecular weight excluding hydrogens is 1010 g/mol. The van der Waals surface area contributed by atoms with Crippen molar-refractivity contribution in [3.05, 3.63) is 326 Å². The topological polar surface area (TPSA) is 8.17 Å². The summed E-state index contributed by atoms with van der Waals surface area (Å²) in [5.74, 6) is 0. The molecule has 0 radical (unpaired) electrons. The highest BCUT2D eigenvalue weighted by atomic mass is 15.1. The fourth-order valence-corrected chi connectivity index (χ4v) is 13.1. The molecule has 0 N–H and O–H groups in total. The molecule has 0 unspecified atom stereocenters. The van der Waals surface area contributed by atoms with Gasteiger partial charge in [-0.25, -0.2) is 0 Å². The van der Waals surface area contributed by atoms with Gasteiger partial charge in [0.05, 0.1) is 11.0 Å². The van der Waals surface area contributed by atoms with Crippen LogP contribution in [-0.2, 0) is 0 Å². The number of para-hydroxylation sites is 2. The lowest BCUT2D eigenvalue weighted by atomic mass is 9.84. The molecule has 0 atom stereocenters. The van der Waals surface area contributed by atoms with Gasteiger partial charge in [-0.2, -0.15) is 0 Å². The molecule has 0 fully saturated rings. The third-order valence-electron chi connectivity index (χ3n) is 17.1. The molecule has 0 saturated carbocycles. The first kappa shape index (κ1) is 48.8. The molecule has 16 aromatic rings. The van der Waals surface area contributed by atoms with Crippen LogP contribution in [-0.4, -0.2) is 4.57 Å². The van der Waals surface area contributed by atoms with Crippen LogP contribution in [0.4, 0.5) is 17.1 Å². The van der Waals surface area contributed by atoms with Gasteiger partial charge < -0.3 is 9.47 Å². The van der Waals surface area contributed by atoms with Gasteiger partial charge in [0.25, 0.3) is 0 Å². The first-order chi connectivity index (χ1) is 41.6. The molecule has 0 aliphatic rings. The lowest BCUT2D eigenvalue weighted by Gasteiger charge is -2.26. The summed E-state index contributed by atoms with van der Waals surface area (Å²) in [5.41, 5.74) is 16.3. The van der Waals surface area contributed by atoms with Crippen molar-refractivity contribution in [2.24, 2.45) is 0 Å². The van der Waals surface area contributed by atoms with E-state index in [0.29, 0.717) is 0 Å². The third kappa shape index (κ3) is 8.59. The molecule has 0 spiro atoms. The zero-order valence-electron chi connectivity index (χ0n) is 46.1. The standard InChI is InChI=1S/C82H54N2/c1-3-27-67(28-4-1)83(68-29-5-2-6-30-68)69-43-39-61(40-44-69)81-75-51-63-19-7-9-21-65(63)53-77(75)82(78-54-66-22-10-8-20-64(66)52-76(78)81)62-41-45-70(46-42-62)84-79-47-35-55(33-37-59-25-15-23-57-17-11-13-31-71(57)59)49-73(79)74-50-56(36-48-80(74)84)34-38-60-26-16-24-58-18-12-14-32-72(58)60/h1-54H/b37-33-,38-34?. The first-order valence-corrected chi connectivity index (χ1v) is 29.0. The molecule has 0 aliphatic heterocycles. The zero-order chi connectivity index (χ0) is 55.5. The molecule has 392 valence electrons. The second-order valence-corrected chi connectivity index (χ2v) is 22.0. The Balaban J connectivity index is 0.858. The first-order valence-electron chi connectivity index (χ1n) is 29.0. The van der Waals surface area contributed by atoms with E-state index in [1.54, 1.807) is 0 Å². The summed E-state index contributed by atoms with van der Waals surface area (Å²) in [6, 6.07) is 111. The van der Waals surface area contributed by atoms with E-state index >= 15 is 0 Å². The van der Waals surface area contributed by atoms with Gasteiger partial charge in [-0.3, -0.25) is 0 Å². The Morgan fingerprint density at radius 1 is 0.238 bits per heavy atom. The number of benzene rings is 15. The molecule has 0 bridgehead atoms. The average molecular weight is 1070 g/mol. The maximum Gasteiger partial charge on any atom is 0.0541 e. The summed E-state index contributed by atoms with van der Waals surface area (Å²) in [6.45, 7) is 0. The number of aromatic nitrogens is 1. The smallest absolute Gasteiger partial charge is 0.0541 e. The Labute approximate surface area is 488 Å². The number of hydrogen-bond donors (Lipinski definition) is 0. The molecule has 0 aliphatic carbocycles. The van der Waals surface area contributed by atoms with Crippen LogP contribution in [0.5, 0.6) is 0 Å². The minimum absolute atomic E-state index is 1.10. The summed E-state index contributed by atoms with van der Waals surface area (Å²) in [7, 11) is 0. The molecule has 2 nitrogen and oxygen atoms in total. The Kier molecular flexibility index (Phi) is 11.9. The van der Waals surface area contributed by atoms with Crippen LogP contribution >= 0.6 is 0 Å². The van der Waals surface area contributed by atoms with E-state index < -0.39 is 0 Å². The van der Waals surface area contributed by atoms with Crippen LogP contribution in [0.3, 0.4) is 0 Å². The van der Waals surface area contributed by atoms with E-state index in [1.165, 1.54) is 109 Å². The van der Waals surface area contributed by atoms with Crippen LogP contribution in [0.2, 0.25) is 0 Å². The van der Waals surface area contributed by atoms with E-state index in [-0.39, 0.29) is 0 Å². The van der Waals surface area contributed by atoms with Crippen LogP contribution in [0.1, 0.15) is 22.3 Å². The van der Waals surface area contributed by atoms with E-state index in [9.17, 15) is 0 Å². The fraction of sp³-hybridized carbons (Fsp3) is 0. The maximum absolute atomic E-state index is 2.45. The molecule has 1 heterocycles. The molecule has 16 rings (SSSR count). The molecule has 0 amide bonds. The normalized spacial score (nSPS) is 12.0. The highest BCUT2D eigenvalue weighted by Gasteiger charge is 2.21. The molecule has 0 saturated heterocycles. The lowest BCUT2D eigenvalue weighted by molar-refractivity contribution is 1.18. The summed E-state index contributed by atoms with van der Waals surface area (Å²) < 4.78 is 2.45. The molecule has 1 aromatic heterocycles. The van der Waals surface area contributed by atoms with Crippen molar-refractivity contribution in [3.63, 3.8) is 0 Å². The SMILES string of the molecule is C(=Cc1cccc2ccccc12)c1ccc2c(c1)c1cc(/C=C\c3cccc4ccccc34)ccc1n2-c1ccc(-c2c3cc4ccccc4cc3c(-c3ccc(N(c4ccccc4)c4ccccc4)cc3)c3cc4ccccc4cc23)cc1. The predicted molar refractivity (Wildman–Crippen MR) is 362 cm³/mol. The van der Waals surface area contributed by atoms with Gasteiger partial charge in [0.1, 0.15) is 0 Å². The van der Waals surface area contributed by atoms with Crippen molar-refractivity contribution in [1.82, 2.24) is 4.57 Å². The van der Waals surface area contributed by atoms with Gasteiger partial charge in [0.2, 0.25) is 0 Å². The van der Waals surface area contributed by atoms with E-state index in [2.05, 4.69) is 337 Å². The van der Waals surface area contributed by atoms with E-state index in [4.69, 9.17) is 0 Å². The lowest BCUT2D eigenvalue weighted by Crippen LogP contribution is -2.09. The highest BCUT2D eigenvalue weighted by molar-refractivity contribution is 6.25. The highest BCUT2D eigenvalue weighted by Crippen LogP contribution is 2.48. The third-order valence-corrected chi connectivity index (χ3v) is 17.1. The van der Waals surface area contributed by atoms with Gasteiger partial charge in [-0.05, 0) is 206 Å². The van der Waals surface area contributed by atoms with Crippen molar-refractivity contribution in [2.75, 3.05) is 4.90 Å². The second-order valence-electron chi connectivity index (χ2n) is 22.0. The summed E-state index contributed by atoms with van der Waals surface area (Å²) in [5, 5.41) is 17.2. The predicted octanol–water partition coefficient (Wildman–Crippen LogP) is 22.8. The van der Waals surface area contributed by atoms with Crippen molar-refractivity contribution < 1.29 is 0 Å². The monoisotopic (exact) mass is 1070 g/mol. The largest absolute Gasteiger partial charge is 0.311 e. The number of fused-ring (bicyclic) bond motifs is 9. The average Bonchev–Trinajstić information content (AvgIpc) is 1.88. The Morgan fingerprint density at radius 3 is 1.02 bits per heavy atom. The maximum atomic E-state index is 2.45. The Hall–Kier alpha value is -11.1. The van der Waals surface area contributed by atoms with Crippen LogP contribution in [0, 0.1) is 0 Å². The van der Waals surface area contributed by atoms with Crippen molar-refractivity contribution in [3.8, 4) is 27.9 Å². The Bertz CT molecular complexity index is 4990. The van der Waals surface area contributed by atoms with Crippen molar-refractivity contribution in [2.45, 2.75) is 0 Å². The van der Waals surface area contributed by atoms with Gasteiger partial charge in [-0.1, -0.05) is 231 Å². The number of anilines is 3. The summed E-state index contributed by atoms with van der Waals surface area (Å²) >= 11 is 0. The van der Waals surface area contributed by atoms with Crippen LogP contribution in [0.25, 0.3) is 139 Å². The molecular formula is C82H54N2. The van der Waals surface area contributed by atoms with Gasteiger partial charge in [0.15, 0.2) is 0 Å². The minimum atomic E-state index is 1.10. The minimum Gasteiger partial charge on any atom is -0.311 e. The number of nitrogens with zero attached hydrogens (tertiary/aromatic N) is 2. The summed E-state index contributed by atoms with van der Waals surface area (Å²) in [6.07, 6.45) is 9.04. The van der Waals surface area contributed by atoms with Crippen molar-refractivity contribution >= 4 is 128 Å². The molecule has 2 heteroatoms. The molecule has 84 heavy (non-hydrogen) atoms. The zero-order valence-corrected chi connectivity index (χ0v) is 46.1. The van der Waals surface area contributed by atoms with E-state index in [0.717, 1.165) is 44.9 Å². The second kappa shape index (κ2) is 20.5. The van der Waals surface area contributed by atoms with Gasteiger partial charge in [0, 0.05) is 33.5 Å². The summed E-state index contributed by atoms with van der Waals surface area (Å²) in [4.78, 5) is 2.33. The number of rotatable bonds is 10. The Morgan fingerprint density at radius 2 is 0.595 bits per heavy atom. The van der Waals surface area contributed by atoms with Crippen LogP contribution in [0.15, 0.2) is 303 Å². The van der Waals surface area contributed by atoms with Crippen molar-refractivity contribution in [1.29, 1.82) is 0 Å². The number of hydrogen-bond acceptors (Lipinski definition) is 1. The quantitative estimate of drug-likeness (QED) is 0.0979. The van der Waals surface area contributed by atoms with Gasteiger partial charge in [-0.15, -0.1) is 0 Å². The van der Waals surface area contributed by atoms with E-state index in [1.807, 2.05) is 0 Å².